The van der Waals surface area contributed by atoms with Crippen LogP contribution in [-0.2, 0) is 16.1 Å². The van der Waals surface area contributed by atoms with Gasteiger partial charge in [-0.3, -0.25) is 9.59 Å². The van der Waals surface area contributed by atoms with Crippen LogP contribution in [0, 0.1) is 0 Å². The second-order valence-corrected chi connectivity index (χ2v) is 5.06. The third kappa shape index (κ3) is 2.00. The van der Waals surface area contributed by atoms with E-state index in [-0.39, 0.29) is 11.8 Å². The molecular weight excluding hydrogens is 262 g/mol. The Morgan fingerprint density at radius 2 is 2.05 bits per heavy atom. The van der Waals surface area contributed by atoms with Gasteiger partial charge in [-0.15, -0.1) is 0 Å². The van der Waals surface area contributed by atoms with E-state index < -0.39 is 5.91 Å². The molecule has 0 radical (unpaired) electrons. The lowest BCUT2D eigenvalue weighted by atomic mass is 9.99. The van der Waals surface area contributed by atoms with E-state index >= 15 is 0 Å². The topological polar surface area (TPSA) is 37.4 Å². The highest BCUT2D eigenvalue weighted by molar-refractivity contribution is 6.45. The molecule has 0 aromatic heterocycles. The highest BCUT2D eigenvalue weighted by atomic mass is 35.5. The minimum Gasteiger partial charge on any atom is -0.324 e. The Bertz CT molecular complexity index is 618. The third-order valence-corrected chi connectivity index (χ3v) is 3.89. The zero-order valence-corrected chi connectivity index (χ0v) is 10.9. The van der Waals surface area contributed by atoms with Crippen molar-refractivity contribution in [3.8, 4) is 0 Å². The zero-order chi connectivity index (χ0) is 13.4. The lowest BCUT2D eigenvalue weighted by Gasteiger charge is -2.25. The Balaban J connectivity index is 1.91. The normalized spacial score (nSPS) is 21.6. The maximum absolute atomic E-state index is 12.1. The molecule has 0 saturated carbocycles. The first kappa shape index (κ1) is 12.2. The molecule has 1 saturated heterocycles. The van der Waals surface area contributed by atoms with E-state index in [0.717, 1.165) is 5.56 Å². The Morgan fingerprint density at radius 1 is 1.26 bits per heavy atom. The zero-order valence-electron chi connectivity index (χ0n) is 10.2. The summed E-state index contributed by atoms with van der Waals surface area (Å²) in [5, 5.41) is 0.617. The SMILES string of the molecule is O=C1C(=O)N(Cc2ccccc2Cl)C2CC=CC=C12. The van der Waals surface area contributed by atoms with Gasteiger partial charge in [0.2, 0.25) is 5.78 Å². The van der Waals surface area contributed by atoms with Crippen molar-refractivity contribution < 1.29 is 9.59 Å². The summed E-state index contributed by atoms with van der Waals surface area (Å²) in [4.78, 5) is 25.6. The van der Waals surface area contributed by atoms with Gasteiger partial charge in [0.25, 0.3) is 5.91 Å². The van der Waals surface area contributed by atoms with Crippen molar-refractivity contribution in [1.29, 1.82) is 0 Å². The summed E-state index contributed by atoms with van der Waals surface area (Å²) >= 11 is 6.11. The average Bonchev–Trinajstić information content (AvgIpc) is 2.67. The van der Waals surface area contributed by atoms with Gasteiger partial charge in [-0.25, -0.2) is 0 Å². The van der Waals surface area contributed by atoms with Crippen LogP contribution in [0.2, 0.25) is 5.02 Å². The Labute approximate surface area is 116 Å². The van der Waals surface area contributed by atoms with Crippen molar-refractivity contribution in [2.24, 2.45) is 0 Å². The van der Waals surface area contributed by atoms with Crippen LogP contribution >= 0.6 is 11.6 Å². The lowest BCUT2D eigenvalue weighted by Crippen LogP contribution is -2.33. The molecule has 3 rings (SSSR count). The minimum absolute atomic E-state index is 0.138. The Morgan fingerprint density at radius 3 is 2.84 bits per heavy atom. The molecule has 0 N–H and O–H groups in total. The number of halogens is 1. The molecule has 1 fully saturated rings. The highest BCUT2D eigenvalue weighted by Gasteiger charge is 2.42. The average molecular weight is 274 g/mol. The molecule has 1 unspecified atom stereocenters. The summed E-state index contributed by atoms with van der Waals surface area (Å²) in [5.74, 6) is -0.818. The highest BCUT2D eigenvalue weighted by Crippen LogP contribution is 2.30. The Hall–Kier alpha value is -1.87. The van der Waals surface area contributed by atoms with Crippen LogP contribution in [0.15, 0.2) is 48.1 Å². The number of allylic oxidation sites excluding steroid dienone is 2. The molecule has 1 aliphatic carbocycles. The molecule has 1 atom stereocenters. The van der Waals surface area contributed by atoms with Crippen molar-refractivity contribution in [2.45, 2.75) is 19.0 Å². The van der Waals surface area contributed by atoms with Crippen LogP contribution in [-0.4, -0.2) is 22.6 Å². The number of nitrogens with zero attached hydrogens (tertiary/aromatic N) is 1. The summed E-state index contributed by atoms with van der Waals surface area (Å²) in [6, 6.07) is 7.25. The van der Waals surface area contributed by atoms with Crippen molar-refractivity contribution in [3.63, 3.8) is 0 Å². The molecular formula is C15H12ClNO2. The second-order valence-electron chi connectivity index (χ2n) is 4.66. The van der Waals surface area contributed by atoms with Gasteiger partial charge >= 0.3 is 0 Å². The van der Waals surface area contributed by atoms with Gasteiger partial charge in [0.1, 0.15) is 0 Å². The number of hydrogen-bond acceptors (Lipinski definition) is 2. The molecule has 1 aromatic carbocycles. The number of likely N-dealkylation sites (tertiary alicyclic amines) is 1. The van der Waals surface area contributed by atoms with Gasteiger partial charge in [-0.2, -0.15) is 0 Å². The summed E-state index contributed by atoms with van der Waals surface area (Å²) in [6.45, 7) is 0.375. The first-order valence-electron chi connectivity index (χ1n) is 6.14. The Kier molecular flexibility index (Phi) is 2.99. The number of benzene rings is 1. The first-order valence-corrected chi connectivity index (χ1v) is 6.51. The lowest BCUT2D eigenvalue weighted by molar-refractivity contribution is -0.140. The van der Waals surface area contributed by atoms with Crippen LogP contribution in [0.5, 0.6) is 0 Å². The van der Waals surface area contributed by atoms with Gasteiger partial charge in [0, 0.05) is 17.1 Å². The van der Waals surface area contributed by atoms with E-state index in [1.807, 2.05) is 30.4 Å². The summed E-state index contributed by atoms with van der Waals surface area (Å²) < 4.78 is 0. The van der Waals surface area contributed by atoms with E-state index in [1.54, 1.807) is 17.0 Å². The molecule has 1 aliphatic heterocycles. The van der Waals surface area contributed by atoms with Gasteiger partial charge in [-0.05, 0) is 18.1 Å². The number of ketones is 1. The number of amides is 1. The number of rotatable bonds is 2. The van der Waals surface area contributed by atoms with Gasteiger partial charge < -0.3 is 4.90 Å². The fraction of sp³-hybridized carbons (Fsp3) is 0.200. The molecule has 0 spiro atoms. The number of carbonyl (C=O) groups is 2. The predicted molar refractivity (Wildman–Crippen MR) is 72.6 cm³/mol. The summed E-state index contributed by atoms with van der Waals surface area (Å²) in [6.07, 6.45) is 6.23. The van der Waals surface area contributed by atoms with E-state index in [4.69, 9.17) is 11.6 Å². The first-order chi connectivity index (χ1) is 9.18. The largest absolute Gasteiger partial charge is 0.324 e. The van der Waals surface area contributed by atoms with Crippen molar-refractivity contribution in [1.82, 2.24) is 4.90 Å². The van der Waals surface area contributed by atoms with Crippen LogP contribution in [0.3, 0.4) is 0 Å². The molecule has 1 aromatic rings. The predicted octanol–water partition coefficient (Wildman–Crippen LogP) is 2.51. The summed E-state index contributed by atoms with van der Waals surface area (Å²) in [7, 11) is 0. The van der Waals surface area contributed by atoms with Gasteiger partial charge in [0.15, 0.2) is 0 Å². The standard InChI is InChI=1S/C15H12ClNO2/c16-12-7-3-1-5-10(12)9-17-13-8-4-2-6-11(13)14(18)15(17)19/h1-7,13H,8-9H2. The quantitative estimate of drug-likeness (QED) is 0.777. The second kappa shape index (κ2) is 4.67. The van der Waals surface area contributed by atoms with Crippen LogP contribution in [0.25, 0.3) is 0 Å². The molecule has 2 aliphatic rings. The monoisotopic (exact) mass is 273 g/mol. The van der Waals surface area contributed by atoms with Crippen LogP contribution in [0.4, 0.5) is 0 Å². The fourth-order valence-electron chi connectivity index (χ4n) is 2.53. The van der Waals surface area contributed by atoms with Gasteiger partial charge in [0.05, 0.1) is 6.04 Å². The molecule has 0 bridgehead atoms. The molecule has 19 heavy (non-hydrogen) atoms. The molecule has 1 amide bonds. The van der Waals surface area contributed by atoms with Crippen molar-refractivity contribution in [3.05, 3.63) is 58.7 Å². The third-order valence-electron chi connectivity index (χ3n) is 3.52. The van der Waals surface area contributed by atoms with Crippen LogP contribution in [0.1, 0.15) is 12.0 Å². The van der Waals surface area contributed by atoms with Crippen molar-refractivity contribution in [2.75, 3.05) is 0 Å². The van der Waals surface area contributed by atoms with E-state index in [2.05, 4.69) is 0 Å². The number of carbonyl (C=O) groups excluding carboxylic acids is 2. The molecule has 3 nitrogen and oxygen atoms in total. The van der Waals surface area contributed by atoms with Gasteiger partial charge in [-0.1, -0.05) is 48.0 Å². The van der Waals surface area contributed by atoms with E-state index in [1.165, 1.54) is 0 Å². The molecule has 96 valence electrons. The van der Waals surface area contributed by atoms with Crippen molar-refractivity contribution >= 4 is 23.3 Å². The number of fused-ring (bicyclic) bond motifs is 1. The van der Waals surface area contributed by atoms with Crippen LogP contribution < -0.4 is 0 Å². The maximum atomic E-state index is 12.1. The minimum atomic E-state index is -0.431. The van der Waals surface area contributed by atoms with E-state index in [9.17, 15) is 9.59 Å². The maximum Gasteiger partial charge on any atom is 0.295 e. The molecule has 1 heterocycles. The molecule has 4 heteroatoms. The fourth-order valence-corrected chi connectivity index (χ4v) is 2.72. The summed E-state index contributed by atoms with van der Waals surface area (Å²) in [5.41, 5.74) is 1.46. The number of hydrogen-bond donors (Lipinski definition) is 0. The van der Waals surface area contributed by atoms with E-state index in [0.29, 0.717) is 23.6 Å². The number of Topliss-reactive ketones (excluding diaryl/α,β-unsaturated/α-hetero) is 1. The smallest absolute Gasteiger partial charge is 0.295 e.